The van der Waals surface area contributed by atoms with Crippen LogP contribution in [0.25, 0.3) is 0 Å². The summed E-state index contributed by atoms with van der Waals surface area (Å²) in [6.45, 7) is 5.82. The first-order valence-electron chi connectivity index (χ1n) is 13.2. The summed E-state index contributed by atoms with van der Waals surface area (Å²) in [4.78, 5) is 79.2. The van der Waals surface area contributed by atoms with Crippen molar-refractivity contribution in [3.05, 3.63) is 35.4 Å². The lowest BCUT2D eigenvalue weighted by molar-refractivity contribution is -0.154. The monoisotopic (exact) mass is 542 g/mol. The molecule has 3 heterocycles. The standard InChI is InChI=1S/C27H34N4O8/c1-4-16(21-15(2)28-12-14-39-21)22(33)29-27(3,26(37)38)11-13-30-20(32)10-9-19(25(30)36)31-23(34)17-7-5-6-8-18(17)24(31)35/h5-8,15-16,19,21,28H,4,9-14H2,1-3H3,(H,29,33)(H,37,38)/t15?,16?,19?,21-,27+/m1/s1. The number of imide groups is 2. The Morgan fingerprint density at radius 3 is 2.38 bits per heavy atom. The molecule has 3 N–H and O–H groups in total. The fourth-order valence-corrected chi connectivity index (χ4v) is 5.48. The molecule has 0 spiro atoms. The van der Waals surface area contributed by atoms with Crippen molar-refractivity contribution in [2.45, 2.75) is 70.2 Å². The first-order chi connectivity index (χ1) is 18.5. The Labute approximate surface area is 226 Å². The number of morpholine rings is 1. The molecule has 4 rings (SSSR count). The first kappa shape index (κ1) is 28.4. The highest BCUT2D eigenvalue weighted by molar-refractivity contribution is 6.23. The maximum Gasteiger partial charge on any atom is 0.329 e. The van der Waals surface area contributed by atoms with Gasteiger partial charge in [0.05, 0.1) is 29.8 Å². The van der Waals surface area contributed by atoms with Gasteiger partial charge in [-0.05, 0) is 45.2 Å². The molecular weight excluding hydrogens is 508 g/mol. The van der Waals surface area contributed by atoms with Gasteiger partial charge >= 0.3 is 5.97 Å². The number of aliphatic carboxylic acids is 1. The molecule has 0 aliphatic carbocycles. The van der Waals surface area contributed by atoms with E-state index in [4.69, 9.17) is 4.74 Å². The van der Waals surface area contributed by atoms with E-state index in [0.717, 1.165) is 9.80 Å². The average molecular weight is 543 g/mol. The zero-order valence-electron chi connectivity index (χ0n) is 22.3. The normalized spacial score (nSPS) is 25.8. The minimum absolute atomic E-state index is 0.0155. The highest BCUT2D eigenvalue weighted by Crippen LogP contribution is 2.29. The molecular formula is C27H34N4O8. The molecule has 0 bridgehead atoms. The molecule has 3 unspecified atom stereocenters. The van der Waals surface area contributed by atoms with E-state index in [1.807, 2.05) is 13.8 Å². The Balaban J connectivity index is 1.47. The molecule has 12 heteroatoms. The lowest BCUT2D eigenvalue weighted by Crippen LogP contribution is -2.60. The SMILES string of the molecule is CCC(C(=O)N[C@@](C)(CCN1C(=O)CCC(N2C(=O)c3ccccc3C2=O)C1=O)C(=O)O)[C@@H]1OCCNC1C. The van der Waals surface area contributed by atoms with Crippen molar-refractivity contribution >= 4 is 35.5 Å². The van der Waals surface area contributed by atoms with Crippen molar-refractivity contribution in [2.24, 2.45) is 5.92 Å². The number of amides is 5. The van der Waals surface area contributed by atoms with E-state index in [1.54, 1.807) is 12.1 Å². The number of nitrogens with zero attached hydrogens (tertiary/aromatic N) is 2. The molecule has 0 saturated carbocycles. The molecule has 1 aromatic carbocycles. The van der Waals surface area contributed by atoms with E-state index in [-0.39, 0.29) is 43.0 Å². The van der Waals surface area contributed by atoms with E-state index < -0.39 is 59.1 Å². The number of piperidine rings is 1. The van der Waals surface area contributed by atoms with E-state index in [9.17, 15) is 33.9 Å². The summed E-state index contributed by atoms with van der Waals surface area (Å²) in [5.74, 6) is -4.92. The molecule has 39 heavy (non-hydrogen) atoms. The molecule has 2 fully saturated rings. The Morgan fingerprint density at radius 1 is 1.18 bits per heavy atom. The zero-order chi connectivity index (χ0) is 28.5. The summed E-state index contributed by atoms with van der Waals surface area (Å²) in [5, 5.41) is 15.9. The molecule has 5 amide bonds. The van der Waals surface area contributed by atoms with E-state index in [0.29, 0.717) is 19.6 Å². The second kappa shape index (κ2) is 11.2. The quantitative estimate of drug-likeness (QED) is 0.378. The molecule has 0 radical (unpaired) electrons. The number of likely N-dealkylation sites (tertiary alicyclic amines) is 1. The number of hydrogen-bond donors (Lipinski definition) is 3. The minimum Gasteiger partial charge on any atom is -0.480 e. The van der Waals surface area contributed by atoms with Gasteiger partial charge in [0.2, 0.25) is 11.8 Å². The number of benzene rings is 1. The van der Waals surface area contributed by atoms with Crippen LogP contribution in [0.5, 0.6) is 0 Å². The van der Waals surface area contributed by atoms with Crippen LogP contribution in [0.2, 0.25) is 0 Å². The van der Waals surface area contributed by atoms with Gasteiger partial charge in [-0.15, -0.1) is 0 Å². The van der Waals surface area contributed by atoms with Gasteiger partial charge < -0.3 is 20.5 Å². The highest BCUT2D eigenvalue weighted by atomic mass is 16.5. The smallest absolute Gasteiger partial charge is 0.329 e. The number of carboxylic acid groups (broad SMARTS) is 1. The summed E-state index contributed by atoms with van der Waals surface area (Å²) >= 11 is 0. The van der Waals surface area contributed by atoms with Crippen LogP contribution in [0.1, 0.15) is 67.2 Å². The third-order valence-electron chi connectivity index (χ3n) is 7.87. The predicted octanol–water partition coefficient (Wildman–Crippen LogP) is 0.553. The molecule has 3 aliphatic rings. The van der Waals surface area contributed by atoms with Crippen LogP contribution in [-0.4, -0.2) is 93.8 Å². The van der Waals surface area contributed by atoms with Crippen molar-refractivity contribution < 1.29 is 38.6 Å². The van der Waals surface area contributed by atoms with Gasteiger partial charge in [0.15, 0.2) is 0 Å². The summed E-state index contributed by atoms with van der Waals surface area (Å²) < 4.78 is 5.80. The Kier molecular flexibility index (Phi) is 8.17. The summed E-state index contributed by atoms with van der Waals surface area (Å²) in [5.41, 5.74) is -1.41. The molecule has 5 atom stereocenters. The van der Waals surface area contributed by atoms with Crippen LogP contribution in [0.15, 0.2) is 24.3 Å². The van der Waals surface area contributed by atoms with Gasteiger partial charge in [-0.3, -0.25) is 33.8 Å². The summed E-state index contributed by atoms with van der Waals surface area (Å²) in [6.07, 6.45) is -0.396. The van der Waals surface area contributed by atoms with Crippen molar-refractivity contribution in [2.75, 3.05) is 19.7 Å². The van der Waals surface area contributed by atoms with Crippen molar-refractivity contribution in [3.8, 4) is 0 Å². The van der Waals surface area contributed by atoms with Gasteiger partial charge in [0, 0.05) is 25.6 Å². The lowest BCUT2D eigenvalue weighted by Gasteiger charge is -2.38. The van der Waals surface area contributed by atoms with Gasteiger partial charge in [-0.25, -0.2) is 4.79 Å². The van der Waals surface area contributed by atoms with Crippen LogP contribution in [-0.2, 0) is 23.9 Å². The lowest BCUT2D eigenvalue weighted by atomic mass is 9.89. The molecule has 2 saturated heterocycles. The maximum atomic E-state index is 13.4. The number of carboxylic acids is 1. The van der Waals surface area contributed by atoms with Gasteiger partial charge in [-0.1, -0.05) is 19.1 Å². The Hall–Kier alpha value is -3.64. The predicted molar refractivity (Wildman–Crippen MR) is 136 cm³/mol. The Bertz CT molecular complexity index is 1170. The highest BCUT2D eigenvalue weighted by Gasteiger charge is 2.48. The van der Waals surface area contributed by atoms with E-state index >= 15 is 0 Å². The molecule has 3 aliphatic heterocycles. The average Bonchev–Trinajstić information content (AvgIpc) is 3.15. The number of ether oxygens (including phenoxy) is 1. The fourth-order valence-electron chi connectivity index (χ4n) is 5.48. The van der Waals surface area contributed by atoms with Crippen LogP contribution in [0, 0.1) is 5.92 Å². The number of nitrogens with one attached hydrogen (secondary N) is 2. The largest absolute Gasteiger partial charge is 0.480 e. The summed E-state index contributed by atoms with van der Waals surface area (Å²) in [7, 11) is 0. The summed E-state index contributed by atoms with van der Waals surface area (Å²) in [6, 6.07) is 4.97. The third-order valence-corrected chi connectivity index (χ3v) is 7.87. The fraction of sp³-hybridized carbons (Fsp3) is 0.556. The van der Waals surface area contributed by atoms with Crippen molar-refractivity contribution in [1.82, 2.24) is 20.4 Å². The van der Waals surface area contributed by atoms with Crippen molar-refractivity contribution in [3.63, 3.8) is 0 Å². The minimum atomic E-state index is -1.79. The molecule has 12 nitrogen and oxygen atoms in total. The molecule has 0 aromatic heterocycles. The number of hydrogen-bond acceptors (Lipinski definition) is 8. The number of fused-ring (bicyclic) bond motifs is 1. The van der Waals surface area contributed by atoms with Gasteiger partial charge in [0.1, 0.15) is 11.6 Å². The van der Waals surface area contributed by atoms with E-state index in [1.165, 1.54) is 19.1 Å². The molecule has 1 aromatic rings. The number of carbonyl (C=O) groups is 6. The number of carbonyl (C=O) groups excluding carboxylic acids is 5. The first-order valence-corrected chi connectivity index (χ1v) is 13.2. The zero-order valence-corrected chi connectivity index (χ0v) is 22.3. The maximum absolute atomic E-state index is 13.4. The van der Waals surface area contributed by atoms with Crippen LogP contribution >= 0.6 is 0 Å². The molecule has 210 valence electrons. The third kappa shape index (κ3) is 5.30. The topological polar surface area (TPSA) is 162 Å². The van der Waals surface area contributed by atoms with Crippen LogP contribution < -0.4 is 10.6 Å². The van der Waals surface area contributed by atoms with Crippen LogP contribution in [0.3, 0.4) is 0 Å². The van der Waals surface area contributed by atoms with Gasteiger partial charge in [0.25, 0.3) is 17.7 Å². The Morgan fingerprint density at radius 2 is 1.82 bits per heavy atom. The second-order valence-electron chi connectivity index (χ2n) is 10.4. The number of rotatable bonds is 9. The van der Waals surface area contributed by atoms with Gasteiger partial charge in [-0.2, -0.15) is 0 Å². The van der Waals surface area contributed by atoms with Crippen LogP contribution in [0.4, 0.5) is 0 Å². The van der Waals surface area contributed by atoms with E-state index in [2.05, 4.69) is 10.6 Å². The van der Waals surface area contributed by atoms with Crippen molar-refractivity contribution in [1.29, 1.82) is 0 Å². The second-order valence-corrected chi connectivity index (χ2v) is 10.4.